The normalized spacial score (nSPS) is 10.2. The molecule has 0 radical (unpaired) electrons. The van der Waals surface area contributed by atoms with Crippen LogP contribution in [0.2, 0.25) is 0 Å². The number of methoxy groups -OCH3 is 1. The van der Waals surface area contributed by atoms with E-state index in [1.807, 2.05) is 28.8 Å². The van der Waals surface area contributed by atoms with Crippen LogP contribution in [-0.4, -0.2) is 11.7 Å². The van der Waals surface area contributed by atoms with Gasteiger partial charge in [-0.05, 0) is 18.6 Å². The number of anilines is 1. The van der Waals surface area contributed by atoms with Crippen molar-refractivity contribution in [3.05, 3.63) is 36.0 Å². The molecule has 5 nitrogen and oxygen atoms in total. The highest BCUT2D eigenvalue weighted by atomic mass is 16.5. The predicted octanol–water partition coefficient (Wildman–Crippen LogP) is 3.93. The van der Waals surface area contributed by atoms with E-state index in [0.717, 1.165) is 19.3 Å². The average molecular weight is 299 g/mol. The topological polar surface area (TPSA) is 73.2 Å². The molecule has 116 valence electrons. The van der Waals surface area contributed by atoms with Gasteiger partial charge in [-0.25, -0.2) is 0 Å². The maximum absolute atomic E-state index is 9.27. The van der Waals surface area contributed by atoms with Crippen molar-refractivity contribution >= 4 is 5.69 Å². The number of hydrogen-bond donors (Lipinski definition) is 1. The minimum absolute atomic E-state index is 0.457. The van der Waals surface area contributed by atoms with E-state index in [0.29, 0.717) is 35.3 Å². The van der Waals surface area contributed by atoms with Gasteiger partial charge in [0.05, 0.1) is 12.8 Å². The first-order chi connectivity index (χ1) is 10.7. The highest BCUT2D eigenvalue weighted by molar-refractivity contribution is 5.57. The van der Waals surface area contributed by atoms with E-state index in [-0.39, 0.29) is 0 Å². The zero-order valence-corrected chi connectivity index (χ0v) is 13.0. The molecule has 0 aliphatic rings. The van der Waals surface area contributed by atoms with E-state index in [1.165, 1.54) is 0 Å². The Labute approximate surface area is 130 Å². The Kier molecular flexibility index (Phi) is 5.31. The SMILES string of the molecule is CCCCCn1c(C#N)cc(N)c1Oc1ccccc1OC. The Hall–Kier alpha value is -2.61. The van der Waals surface area contributed by atoms with Crippen LogP contribution >= 0.6 is 0 Å². The Balaban J connectivity index is 2.33. The molecule has 5 heteroatoms. The van der Waals surface area contributed by atoms with Crippen LogP contribution in [0.5, 0.6) is 17.4 Å². The molecule has 0 aliphatic carbocycles. The molecule has 0 atom stereocenters. The van der Waals surface area contributed by atoms with Crippen molar-refractivity contribution in [1.82, 2.24) is 4.57 Å². The second kappa shape index (κ2) is 7.41. The van der Waals surface area contributed by atoms with Crippen molar-refractivity contribution in [3.8, 4) is 23.4 Å². The van der Waals surface area contributed by atoms with Crippen molar-refractivity contribution in [1.29, 1.82) is 5.26 Å². The maximum Gasteiger partial charge on any atom is 0.224 e. The molecule has 0 saturated carbocycles. The molecule has 1 aromatic heterocycles. The van der Waals surface area contributed by atoms with Gasteiger partial charge in [-0.15, -0.1) is 0 Å². The second-order valence-electron chi connectivity index (χ2n) is 5.01. The van der Waals surface area contributed by atoms with Crippen LogP contribution in [-0.2, 0) is 6.54 Å². The fraction of sp³-hybridized carbons (Fsp3) is 0.353. The minimum Gasteiger partial charge on any atom is -0.493 e. The summed E-state index contributed by atoms with van der Waals surface area (Å²) in [5.74, 6) is 1.70. The maximum atomic E-state index is 9.27. The molecule has 1 heterocycles. The average Bonchev–Trinajstić information content (AvgIpc) is 2.84. The fourth-order valence-corrected chi connectivity index (χ4v) is 2.31. The number of nitriles is 1. The number of rotatable bonds is 7. The van der Waals surface area contributed by atoms with E-state index >= 15 is 0 Å². The number of ether oxygens (including phenoxy) is 2. The van der Waals surface area contributed by atoms with Gasteiger partial charge in [0.1, 0.15) is 11.8 Å². The molecule has 2 N–H and O–H groups in total. The molecule has 0 bridgehead atoms. The summed E-state index contributed by atoms with van der Waals surface area (Å²) in [5.41, 5.74) is 6.99. The van der Waals surface area contributed by atoms with Gasteiger partial charge in [-0.1, -0.05) is 31.9 Å². The monoisotopic (exact) mass is 299 g/mol. The van der Waals surface area contributed by atoms with Gasteiger partial charge in [0.15, 0.2) is 11.5 Å². The number of nitrogens with zero attached hydrogens (tertiary/aromatic N) is 2. The summed E-state index contributed by atoms with van der Waals surface area (Å²) in [6.45, 7) is 2.85. The lowest BCUT2D eigenvalue weighted by Gasteiger charge is -2.14. The Bertz CT molecular complexity index is 671. The minimum atomic E-state index is 0.457. The lowest BCUT2D eigenvalue weighted by molar-refractivity contribution is 0.364. The van der Waals surface area contributed by atoms with Crippen LogP contribution in [0.4, 0.5) is 5.69 Å². The number of nitrogen functional groups attached to an aromatic ring is 1. The summed E-state index contributed by atoms with van der Waals surface area (Å²) in [6.07, 6.45) is 3.18. The Morgan fingerprint density at radius 1 is 1.23 bits per heavy atom. The highest BCUT2D eigenvalue weighted by Crippen LogP contribution is 2.36. The zero-order chi connectivity index (χ0) is 15.9. The molecule has 0 saturated heterocycles. The molecular weight excluding hydrogens is 278 g/mol. The number of nitrogens with two attached hydrogens (primary N) is 1. The van der Waals surface area contributed by atoms with Gasteiger partial charge >= 0.3 is 0 Å². The lowest BCUT2D eigenvalue weighted by Crippen LogP contribution is -2.04. The third kappa shape index (κ3) is 3.34. The van der Waals surface area contributed by atoms with E-state index < -0.39 is 0 Å². The highest BCUT2D eigenvalue weighted by Gasteiger charge is 2.16. The first kappa shape index (κ1) is 15.8. The first-order valence-electron chi connectivity index (χ1n) is 7.41. The van der Waals surface area contributed by atoms with Crippen LogP contribution in [0.25, 0.3) is 0 Å². The van der Waals surface area contributed by atoms with Gasteiger partial charge in [-0.2, -0.15) is 5.26 Å². The number of benzene rings is 1. The van der Waals surface area contributed by atoms with E-state index in [1.54, 1.807) is 13.2 Å². The second-order valence-corrected chi connectivity index (χ2v) is 5.01. The molecule has 1 aromatic carbocycles. The van der Waals surface area contributed by atoms with Crippen molar-refractivity contribution in [2.24, 2.45) is 0 Å². The van der Waals surface area contributed by atoms with Crippen molar-refractivity contribution in [2.45, 2.75) is 32.7 Å². The first-order valence-corrected chi connectivity index (χ1v) is 7.41. The van der Waals surface area contributed by atoms with E-state index in [2.05, 4.69) is 13.0 Å². The standard InChI is InChI=1S/C17H21N3O2/c1-3-4-7-10-20-13(12-18)11-14(19)17(20)22-16-9-6-5-8-15(16)21-2/h5-6,8-9,11H,3-4,7,10,19H2,1-2H3. The molecule has 2 rings (SSSR count). The van der Waals surface area contributed by atoms with Gasteiger partial charge < -0.3 is 19.8 Å². The summed E-state index contributed by atoms with van der Waals surface area (Å²) in [4.78, 5) is 0. The van der Waals surface area contributed by atoms with Gasteiger partial charge in [0, 0.05) is 12.6 Å². The molecule has 2 aromatic rings. The van der Waals surface area contributed by atoms with E-state index in [9.17, 15) is 5.26 Å². The molecule has 0 spiro atoms. The third-order valence-corrected chi connectivity index (χ3v) is 3.45. The van der Waals surface area contributed by atoms with Crippen LogP contribution in [0.1, 0.15) is 31.9 Å². The largest absolute Gasteiger partial charge is 0.493 e. The number of para-hydroxylation sites is 2. The van der Waals surface area contributed by atoms with Crippen molar-refractivity contribution < 1.29 is 9.47 Å². The fourth-order valence-electron chi connectivity index (χ4n) is 2.31. The quantitative estimate of drug-likeness (QED) is 0.786. The molecule has 0 amide bonds. The van der Waals surface area contributed by atoms with Crippen molar-refractivity contribution in [3.63, 3.8) is 0 Å². The summed E-state index contributed by atoms with van der Waals surface area (Å²) in [5, 5.41) is 9.27. The number of hydrogen-bond acceptors (Lipinski definition) is 4. The Morgan fingerprint density at radius 2 is 1.95 bits per heavy atom. The van der Waals surface area contributed by atoms with Gasteiger partial charge in [0.25, 0.3) is 0 Å². The van der Waals surface area contributed by atoms with Crippen LogP contribution in [0.3, 0.4) is 0 Å². The summed E-state index contributed by atoms with van der Waals surface area (Å²) in [7, 11) is 1.59. The molecule has 0 fully saturated rings. The smallest absolute Gasteiger partial charge is 0.224 e. The third-order valence-electron chi connectivity index (χ3n) is 3.45. The summed E-state index contributed by atoms with van der Waals surface area (Å²) < 4.78 is 13.1. The predicted molar refractivity (Wildman–Crippen MR) is 86.2 cm³/mol. The summed E-state index contributed by atoms with van der Waals surface area (Å²) >= 11 is 0. The zero-order valence-electron chi connectivity index (χ0n) is 13.0. The van der Waals surface area contributed by atoms with Crippen LogP contribution in [0.15, 0.2) is 30.3 Å². The molecule has 0 aliphatic heterocycles. The molecule has 22 heavy (non-hydrogen) atoms. The van der Waals surface area contributed by atoms with Crippen molar-refractivity contribution in [2.75, 3.05) is 12.8 Å². The molecule has 0 unspecified atom stereocenters. The van der Waals surface area contributed by atoms with Gasteiger partial charge in [0.2, 0.25) is 5.88 Å². The van der Waals surface area contributed by atoms with Crippen LogP contribution < -0.4 is 15.2 Å². The lowest BCUT2D eigenvalue weighted by atomic mass is 10.2. The van der Waals surface area contributed by atoms with Gasteiger partial charge in [-0.3, -0.25) is 0 Å². The Morgan fingerprint density at radius 3 is 2.59 bits per heavy atom. The number of aromatic nitrogens is 1. The number of unbranched alkanes of at least 4 members (excludes halogenated alkanes) is 2. The van der Waals surface area contributed by atoms with E-state index in [4.69, 9.17) is 15.2 Å². The van der Waals surface area contributed by atoms with Crippen LogP contribution in [0, 0.1) is 11.3 Å². The summed E-state index contributed by atoms with van der Waals surface area (Å²) in [6, 6.07) is 11.2. The molecular formula is C17H21N3O2.